The molecule has 0 radical (unpaired) electrons. The summed E-state index contributed by atoms with van der Waals surface area (Å²) in [6.07, 6.45) is 1.61. The van der Waals surface area contributed by atoms with Crippen LogP contribution in [0.15, 0.2) is 0 Å². The zero-order valence-electron chi connectivity index (χ0n) is 11.0. The molecule has 0 bridgehead atoms. The molecule has 1 aromatic heterocycles. The molecular formula is C12H21N3OS. The number of hydrogen-bond acceptors (Lipinski definition) is 4. The summed E-state index contributed by atoms with van der Waals surface area (Å²) in [4.78, 5) is 17.6. The fraction of sp³-hybridized carbons (Fsp3) is 0.667. The number of rotatable bonds is 5. The molecule has 0 spiro atoms. The first kappa shape index (κ1) is 14.1. The molecule has 3 N–H and O–H groups in total. The Kier molecular flexibility index (Phi) is 4.65. The molecule has 96 valence electrons. The van der Waals surface area contributed by atoms with E-state index in [1.54, 1.807) is 0 Å². The van der Waals surface area contributed by atoms with E-state index in [0.29, 0.717) is 11.7 Å². The van der Waals surface area contributed by atoms with E-state index in [-0.39, 0.29) is 5.91 Å². The highest BCUT2D eigenvalue weighted by molar-refractivity contribution is 7.15. The third kappa shape index (κ3) is 3.04. The van der Waals surface area contributed by atoms with Crippen LogP contribution in [0.3, 0.4) is 0 Å². The van der Waals surface area contributed by atoms with Gasteiger partial charge in [-0.15, -0.1) is 11.3 Å². The van der Waals surface area contributed by atoms with E-state index in [9.17, 15) is 4.79 Å². The predicted molar refractivity (Wildman–Crippen MR) is 72.3 cm³/mol. The first-order valence-electron chi connectivity index (χ1n) is 5.94. The van der Waals surface area contributed by atoms with Gasteiger partial charge in [-0.1, -0.05) is 13.8 Å². The van der Waals surface area contributed by atoms with Crippen LogP contribution in [0.1, 0.15) is 37.8 Å². The van der Waals surface area contributed by atoms with Gasteiger partial charge in [-0.25, -0.2) is 4.98 Å². The molecule has 1 rings (SSSR count). The van der Waals surface area contributed by atoms with Gasteiger partial charge in [-0.3, -0.25) is 4.79 Å². The second kappa shape index (κ2) is 5.60. The van der Waals surface area contributed by atoms with Gasteiger partial charge in [0.25, 0.3) is 0 Å². The molecule has 1 aromatic rings. The molecule has 0 aliphatic rings. The van der Waals surface area contributed by atoms with E-state index < -0.39 is 5.41 Å². The van der Waals surface area contributed by atoms with Crippen LogP contribution in [0.5, 0.6) is 0 Å². The highest BCUT2D eigenvalue weighted by Gasteiger charge is 2.30. The zero-order valence-corrected chi connectivity index (χ0v) is 11.8. The molecule has 1 amide bonds. The minimum atomic E-state index is -0.508. The van der Waals surface area contributed by atoms with Gasteiger partial charge >= 0.3 is 0 Å². The SMILES string of the molecule is CCc1nc(NC(=O)C(C)(CC)CN)sc1C. The van der Waals surface area contributed by atoms with E-state index in [2.05, 4.69) is 17.2 Å². The maximum atomic E-state index is 12.1. The van der Waals surface area contributed by atoms with Crippen molar-refractivity contribution in [3.63, 3.8) is 0 Å². The number of thiazole rings is 1. The van der Waals surface area contributed by atoms with Gasteiger partial charge in [0.05, 0.1) is 11.1 Å². The third-order valence-corrected chi connectivity index (χ3v) is 4.16. The van der Waals surface area contributed by atoms with Gasteiger partial charge in [0.1, 0.15) is 0 Å². The van der Waals surface area contributed by atoms with Crippen LogP contribution in [0, 0.1) is 12.3 Å². The average molecular weight is 255 g/mol. The van der Waals surface area contributed by atoms with E-state index in [1.165, 1.54) is 11.3 Å². The van der Waals surface area contributed by atoms with Gasteiger partial charge < -0.3 is 11.1 Å². The largest absolute Gasteiger partial charge is 0.329 e. The van der Waals surface area contributed by atoms with Gasteiger partial charge in [-0.2, -0.15) is 0 Å². The molecule has 1 atom stereocenters. The molecular weight excluding hydrogens is 234 g/mol. The Hall–Kier alpha value is -0.940. The molecule has 0 aromatic carbocycles. The van der Waals surface area contributed by atoms with Gasteiger partial charge in [-0.05, 0) is 26.7 Å². The summed E-state index contributed by atoms with van der Waals surface area (Å²) < 4.78 is 0. The summed E-state index contributed by atoms with van der Waals surface area (Å²) in [5.41, 5.74) is 6.20. The first-order valence-corrected chi connectivity index (χ1v) is 6.76. The van der Waals surface area contributed by atoms with Crippen molar-refractivity contribution in [2.75, 3.05) is 11.9 Å². The molecule has 1 heterocycles. The minimum absolute atomic E-state index is 0.0427. The van der Waals surface area contributed by atoms with Crippen LogP contribution in [0.4, 0.5) is 5.13 Å². The van der Waals surface area contributed by atoms with Crippen molar-refractivity contribution in [2.45, 2.75) is 40.5 Å². The molecule has 1 unspecified atom stereocenters. The monoisotopic (exact) mass is 255 g/mol. The van der Waals surface area contributed by atoms with Crippen molar-refractivity contribution >= 4 is 22.4 Å². The number of hydrogen-bond donors (Lipinski definition) is 2. The predicted octanol–water partition coefficient (Wildman–Crippen LogP) is 2.33. The number of amides is 1. The Morgan fingerprint density at radius 1 is 1.53 bits per heavy atom. The maximum absolute atomic E-state index is 12.1. The number of anilines is 1. The lowest BCUT2D eigenvalue weighted by Crippen LogP contribution is -2.39. The van der Waals surface area contributed by atoms with Gasteiger partial charge in [0, 0.05) is 11.4 Å². The quantitative estimate of drug-likeness (QED) is 0.848. The van der Waals surface area contributed by atoms with Crippen molar-refractivity contribution in [1.29, 1.82) is 0 Å². The van der Waals surface area contributed by atoms with E-state index >= 15 is 0 Å². The van der Waals surface area contributed by atoms with E-state index in [0.717, 1.165) is 23.4 Å². The Bertz CT molecular complexity index is 396. The van der Waals surface area contributed by atoms with Gasteiger partial charge in [0.2, 0.25) is 5.91 Å². The summed E-state index contributed by atoms with van der Waals surface area (Å²) in [6.45, 7) is 8.28. The fourth-order valence-corrected chi connectivity index (χ4v) is 2.35. The minimum Gasteiger partial charge on any atom is -0.329 e. The van der Waals surface area contributed by atoms with Crippen LogP contribution < -0.4 is 11.1 Å². The van der Waals surface area contributed by atoms with Crippen LogP contribution in [0.2, 0.25) is 0 Å². The van der Waals surface area contributed by atoms with E-state index in [1.807, 2.05) is 20.8 Å². The van der Waals surface area contributed by atoms with Crippen molar-refractivity contribution in [3.8, 4) is 0 Å². The summed E-state index contributed by atoms with van der Waals surface area (Å²) in [6, 6.07) is 0. The molecule has 4 nitrogen and oxygen atoms in total. The molecule has 0 fully saturated rings. The Morgan fingerprint density at radius 3 is 2.59 bits per heavy atom. The average Bonchev–Trinajstić information content (AvgIpc) is 2.68. The van der Waals surface area contributed by atoms with Gasteiger partial charge in [0.15, 0.2) is 5.13 Å². The van der Waals surface area contributed by atoms with Crippen molar-refractivity contribution in [1.82, 2.24) is 4.98 Å². The van der Waals surface area contributed by atoms with Crippen LogP contribution in [-0.4, -0.2) is 17.4 Å². The number of aryl methyl sites for hydroxylation is 2. The molecule has 17 heavy (non-hydrogen) atoms. The summed E-state index contributed by atoms with van der Waals surface area (Å²) >= 11 is 1.52. The second-order valence-corrected chi connectivity index (χ2v) is 5.65. The Morgan fingerprint density at radius 2 is 2.18 bits per heavy atom. The lowest BCUT2D eigenvalue weighted by Gasteiger charge is -2.24. The standard InChI is InChI=1S/C12H21N3OS/c1-5-9-8(3)17-11(14-9)15-10(16)12(4,6-2)7-13/h5-7,13H2,1-4H3,(H,14,15,16). The molecule has 0 saturated carbocycles. The van der Waals surface area contributed by atoms with E-state index in [4.69, 9.17) is 5.73 Å². The maximum Gasteiger partial charge on any atom is 0.233 e. The highest BCUT2D eigenvalue weighted by atomic mass is 32.1. The molecule has 0 saturated heterocycles. The normalized spacial score (nSPS) is 14.4. The Labute approximate surface area is 107 Å². The van der Waals surface area contributed by atoms with Crippen molar-refractivity contribution in [2.24, 2.45) is 11.1 Å². The summed E-state index contributed by atoms with van der Waals surface area (Å²) in [5, 5.41) is 3.55. The number of carbonyl (C=O) groups excluding carboxylic acids is 1. The molecule has 0 aliphatic carbocycles. The molecule has 0 aliphatic heterocycles. The second-order valence-electron chi connectivity index (χ2n) is 4.45. The van der Waals surface area contributed by atoms with Crippen LogP contribution >= 0.6 is 11.3 Å². The number of nitrogens with zero attached hydrogens (tertiary/aromatic N) is 1. The lowest BCUT2D eigenvalue weighted by molar-refractivity contribution is -0.124. The molecule has 5 heteroatoms. The third-order valence-electron chi connectivity index (χ3n) is 3.23. The number of carbonyl (C=O) groups is 1. The number of nitrogens with one attached hydrogen (secondary N) is 1. The van der Waals surface area contributed by atoms with Crippen molar-refractivity contribution < 1.29 is 4.79 Å². The lowest BCUT2D eigenvalue weighted by atomic mass is 9.87. The number of aromatic nitrogens is 1. The van der Waals surface area contributed by atoms with Crippen LogP contribution in [-0.2, 0) is 11.2 Å². The zero-order chi connectivity index (χ0) is 13.1. The summed E-state index contributed by atoms with van der Waals surface area (Å²) in [5.74, 6) is -0.0427. The number of nitrogens with two attached hydrogens (primary N) is 1. The topological polar surface area (TPSA) is 68.0 Å². The first-order chi connectivity index (χ1) is 7.96. The fourth-order valence-electron chi connectivity index (χ4n) is 1.46. The Balaban J connectivity index is 2.80. The highest BCUT2D eigenvalue weighted by Crippen LogP contribution is 2.26. The van der Waals surface area contributed by atoms with Crippen LogP contribution in [0.25, 0.3) is 0 Å². The smallest absolute Gasteiger partial charge is 0.233 e. The van der Waals surface area contributed by atoms with Crippen molar-refractivity contribution in [3.05, 3.63) is 10.6 Å². The summed E-state index contributed by atoms with van der Waals surface area (Å²) in [7, 11) is 0.